The first-order valence-electron chi connectivity index (χ1n) is 8.27. The van der Waals surface area contributed by atoms with Crippen LogP contribution in [0.15, 0.2) is 59.5 Å². The van der Waals surface area contributed by atoms with Crippen molar-refractivity contribution in [1.29, 1.82) is 0 Å². The van der Waals surface area contributed by atoms with Gasteiger partial charge in [0.25, 0.3) is 11.5 Å². The second kappa shape index (κ2) is 6.39. The Morgan fingerprint density at radius 3 is 2.76 bits per heavy atom. The first kappa shape index (κ1) is 15.4. The zero-order valence-electron chi connectivity index (χ0n) is 13.7. The number of carbonyl (C=O) groups is 1. The molecule has 1 amide bonds. The highest BCUT2D eigenvalue weighted by Crippen LogP contribution is 2.17. The second-order valence-electron chi connectivity index (χ2n) is 6.16. The fraction of sp³-hybridized carbons (Fsp3) is 0.211. The summed E-state index contributed by atoms with van der Waals surface area (Å²) in [6.45, 7) is 1.47. The predicted molar refractivity (Wildman–Crippen MR) is 93.3 cm³/mol. The van der Waals surface area contributed by atoms with Gasteiger partial charge in [0, 0.05) is 37.3 Å². The molecule has 0 bridgehead atoms. The number of nitrogens with zero attached hydrogens (tertiary/aromatic N) is 3. The molecule has 0 fully saturated rings. The molecule has 0 saturated heterocycles. The summed E-state index contributed by atoms with van der Waals surface area (Å²) in [5, 5.41) is 4.52. The summed E-state index contributed by atoms with van der Waals surface area (Å²) in [4.78, 5) is 29.5. The van der Waals surface area contributed by atoms with Gasteiger partial charge in [0.2, 0.25) is 0 Å². The highest BCUT2D eigenvalue weighted by Gasteiger charge is 2.24. The van der Waals surface area contributed by atoms with Crippen molar-refractivity contribution in [3.8, 4) is 0 Å². The Hall–Kier alpha value is -3.15. The fourth-order valence-corrected chi connectivity index (χ4v) is 3.12. The third-order valence-corrected chi connectivity index (χ3v) is 4.43. The molecule has 0 radical (unpaired) electrons. The zero-order chi connectivity index (χ0) is 17.2. The van der Waals surface area contributed by atoms with Gasteiger partial charge in [-0.1, -0.05) is 30.3 Å². The first-order valence-corrected chi connectivity index (χ1v) is 8.27. The third kappa shape index (κ3) is 3.10. The van der Waals surface area contributed by atoms with Crippen molar-refractivity contribution in [3.63, 3.8) is 0 Å². The van der Waals surface area contributed by atoms with Gasteiger partial charge in [-0.2, -0.15) is 5.10 Å². The summed E-state index contributed by atoms with van der Waals surface area (Å²) in [5.74, 6) is -0.0517. The van der Waals surface area contributed by atoms with Crippen molar-refractivity contribution < 1.29 is 4.79 Å². The maximum absolute atomic E-state index is 12.5. The Morgan fingerprint density at radius 1 is 1.16 bits per heavy atom. The molecular weight excluding hydrogens is 316 g/mol. The summed E-state index contributed by atoms with van der Waals surface area (Å²) in [6.07, 6.45) is 2.38. The molecule has 4 rings (SSSR count). The summed E-state index contributed by atoms with van der Waals surface area (Å²) in [5.41, 5.74) is 3.19. The van der Waals surface area contributed by atoms with E-state index in [9.17, 15) is 9.59 Å². The molecule has 6 heteroatoms. The molecule has 1 aliphatic rings. The SMILES string of the molecule is O=C(c1ccc[nH]1)N1CCc2nn(Cc3ccccc3)c(=O)cc2C1. The maximum atomic E-state index is 12.5. The van der Waals surface area contributed by atoms with Crippen LogP contribution >= 0.6 is 0 Å². The monoisotopic (exact) mass is 334 g/mol. The molecule has 6 nitrogen and oxygen atoms in total. The Bertz CT molecular complexity index is 945. The van der Waals surface area contributed by atoms with Gasteiger partial charge >= 0.3 is 0 Å². The Morgan fingerprint density at radius 2 is 2.00 bits per heavy atom. The zero-order valence-corrected chi connectivity index (χ0v) is 13.7. The van der Waals surface area contributed by atoms with Crippen LogP contribution in [0.1, 0.15) is 27.3 Å². The van der Waals surface area contributed by atoms with E-state index in [4.69, 9.17) is 0 Å². The minimum atomic E-state index is -0.142. The van der Waals surface area contributed by atoms with Crippen LogP contribution in [-0.4, -0.2) is 32.1 Å². The van der Waals surface area contributed by atoms with E-state index in [1.54, 1.807) is 29.3 Å². The number of nitrogens with one attached hydrogen (secondary N) is 1. The number of hydrogen-bond acceptors (Lipinski definition) is 3. The normalized spacial score (nSPS) is 13.5. The van der Waals surface area contributed by atoms with E-state index in [-0.39, 0.29) is 11.5 Å². The van der Waals surface area contributed by atoms with Gasteiger partial charge in [0.15, 0.2) is 0 Å². The summed E-state index contributed by atoms with van der Waals surface area (Å²) >= 11 is 0. The molecule has 0 unspecified atom stereocenters. The predicted octanol–water partition coefficient (Wildman–Crippen LogP) is 1.82. The molecule has 1 aliphatic heterocycles. The number of amides is 1. The van der Waals surface area contributed by atoms with Crippen LogP contribution in [0.3, 0.4) is 0 Å². The fourth-order valence-electron chi connectivity index (χ4n) is 3.12. The van der Waals surface area contributed by atoms with Crippen LogP contribution in [0.5, 0.6) is 0 Å². The smallest absolute Gasteiger partial charge is 0.270 e. The number of H-pyrrole nitrogens is 1. The quantitative estimate of drug-likeness (QED) is 0.794. The average molecular weight is 334 g/mol. The standard InChI is InChI=1S/C19H18N4O2/c24-18-11-15-13-22(19(25)17-7-4-9-20-17)10-8-16(15)21-23(18)12-14-5-2-1-3-6-14/h1-7,9,11,20H,8,10,12-13H2. The number of fused-ring (bicyclic) bond motifs is 1. The van der Waals surface area contributed by atoms with E-state index >= 15 is 0 Å². The van der Waals surface area contributed by atoms with Crippen molar-refractivity contribution >= 4 is 5.91 Å². The number of hydrogen-bond donors (Lipinski definition) is 1. The molecule has 0 atom stereocenters. The van der Waals surface area contributed by atoms with Gasteiger partial charge in [-0.3, -0.25) is 9.59 Å². The van der Waals surface area contributed by atoms with E-state index in [0.717, 1.165) is 16.8 Å². The van der Waals surface area contributed by atoms with Crippen molar-refractivity contribution in [1.82, 2.24) is 19.7 Å². The summed E-state index contributed by atoms with van der Waals surface area (Å²) in [6, 6.07) is 15.0. The Balaban J connectivity index is 1.57. The summed E-state index contributed by atoms with van der Waals surface area (Å²) in [7, 11) is 0. The van der Waals surface area contributed by atoms with Crippen molar-refractivity contribution in [2.24, 2.45) is 0 Å². The minimum absolute atomic E-state index is 0.0517. The van der Waals surface area contributed by atoms with Gasteiger partial charge in [0.05, 0.1) is 12.2 Å². The molecule has 25 heavy (non-hydrogen) atoms. The molecule has 1 N–H and O–H groups in total. The average Bonchev–Trinajstić information content (AvgIpc) is 3.17. The molecule has 0 saturated carbocycles. The Labute approximate surface area is 144 Å². The van der Waals surface area contributed by atoms with Gasteiger partial charge in [-0.15, -0.1) is 0 Å². The molecule has 3 heterocycles. The number of carbonyl (C=O) groups excluding carboxylic acids is 1. The lowest BCUT2D eigenvalue weighted by molar-refractivity contribution is 0.0727. The molecule has 126 valence electrons. The van der Waals surface area contributed by atoms with Crippen LogP contribution in [-0.2, 0) is 19.5 Å². The van der Waals surface area contributed by atoms with Crippen molar-refractivity contribution in [2.75, 3.05) is 6.54 Å². The summed E-state index contributed by atoms with van der Waals surface area (Å²) < 4.78 is 1.50. The molecular formula is C19H18N4O2. The van der Waals surface area contributed by atoms with Crippen LogP contribution in [0.4, 0.5) is 0 Å². The maximum Gasteiger partial charge on any atom is 0.270 e. The molecule has 0 aliphatic carbocycles. The van der Waals surface area contributed by atoms with E-state index < -0.39 is 0 Å². The molecule has 2 aromatic heterocycles. The van der Waals surface area contributed by atoms with E-state index in [1.165, 1.54) is 4.68 Å². The lowest BCUT2D eigenvalue weighted by atomic mass is 10.1. The van der Waals surface area contributed by atoms with Gasteiger partial charge in [-0.05, 0) is 17.7 Å². The Kier molecular flexibility index (Phi) is 3.93. The van der Waals surface area contributed by atoms with Crippen LogP contribution in [0.25, 0.3) is 0 Å². The highest BCUT2D eigenvalue weighted by atomic mass is 16.2. The highest BCUT2D eigenvalue weighted by molar-refractivity contribution is 5.92. The third-order valence-electron chi connectivity index (χ3n) is 4.43. The number of aromatic amines is 1. The lowest BCUT2D eigenvalue weighted by Gasteiger charge is -2.28. The number of benzene rings is 1. The molecule has 0 spiro atoms. The van der Waals surface area contributed by atoms with E-state index in [0.29, 0.717) is 31.7 Å². The minimum Gasteiger partial charge on any atom is -0.357 e. The van der Waals surface area contributed by atoms with Gasteiger partial charge in [0.1, 0.15) is 5.69 Å². The van der Waals surface area contributed by atoms with Gasteiger partial charge in [-0.25, -0.2) is 4.68 Å². The van der Waals surface area contributed by atoms with E-state index in [2.05, 4.69) is 10.1 Å². The van der Waals surface area contributed by atoms with Crippen molar-refractivity contribution in [3.05, 3.63) is 87.6 Å². The largest absolute Gasteiger partial charge is 0.357 e. The molecule has 3 aromatic rings. The lowest BCUT2D eigenvalue weighted by Crippen LogP contribution is -2.38. The molecule has 1 aromatic carbocycles. The topological polar surface area (TPSA) is 71.0 Å². The van der Waals surface area contributed by atoms with Crippen LogP contribution < -0.4 is 5.56 Å². The van der Waals surface area contributed by atoms with Crippen LogP contribution in [0.2, 0.25) is 0 Å². The van der Waals surface area contributed by atoms with Crippen molar-refractivity contribution in [2.45, 2.75) is 19.5 Å². The van der Waals surface area contributed by atoms with Gasteiger partial charge < -0.3 is 9.88 Å². The number of rotatable bonds is 3. The van der Waals surface area contributed by atoms with E-state index in [1.807, 2.05) is 30.3 Å². The number of aromatic nitrogens is 3. The first-order chi connectivity index (χ1) is 12.2. The second-order valence-corrected chi connectivity index (χ2v) is 6.16. The van der Waals surface area contributed by atoms with Crippen LogP contribution in [0, 0.1) is 0 Å².